The highest BCUT2D eigenvalue weighted by Gasteiger charge is 2.21. The average molecular weight is 400 g/mol. The number of rotatable bonds is 5. The lowest BCUT2D eigenvalue weighted by atomic mass is 10.1. The minimum absolute atomic E-state index is 0.00202. The maximum Gasteiger partial charge on any atom is 0.306 e. The molecule has 8 nitrogen and oxygen atoms in total. The highest BCUT2D eigenvalue weighted by Crippen LogP contribution is 2.28. The summed E-state index contributed by atoms with van der Waals surface area (Å²) in [6.07, 6.45) is 5.31. The van der Waals surface area contributed by atoms with Crippen LogP contribution in [0.25, 0.3) is 17.1 Å². The smallest absolute Gasteiger partial charge is 0.306 e. The van der Waals surface area contributed by atoms with Crippen LogP contribution in [0.1, 0.15) is 19.5 Å². The molecule has 3 aromatic rings. The second-order valence-corrected chi connectivity index (χ2v) is 6.68. The summed E-state index contributed by atoms with van der Waals surface area (Å²) in [5.41, 5.74) is 4.36. The number of aromatic nitrogens is 2. The summed E-state index contributed by atoms with van der Waals surface area (Å²) >= 11 is 0. The molecule has 150 valence electrons. The van der Waals surface area contributed by atoms with Crippen LogP contribution in [0.3, 0.4) is 0 Å². The van der Waals surface area contributed by atoms with Gasteiger partial charge in [-0.25, -0.2) is 13.8 Å². The van der Waals surface area contributed by atoms with E-state index in [2.05, 4.69) is 9.98 Å². The summed E-state index contributed by atoms with van der Waals surface area (Å²) in [6.45, 7) is 2.85. The zero-order chi connectivity index (χ0) is 21.3. The Morgan fingerprint density at radius 3 is 2.69 bits per heavy atom. The van der Waals surface area contributed by atoms with Crippen molar-refractivity contribution < 1.29 is 18.3 Å². The molecule has 0 aliphatic rings. The third-order valence-electron chi connectivity index (χ3n) is 3.98. The number of aliphatic imine (C=N–C) groups is 1. The Hall–Kier alpha value is -3.66. The van der Waals surface area contributed by atoms with Crippen molar-refractivity contribution in [1.82, 2.24) is 9.38 Å². The maximum atomic E-state index is 14.3. The van der Waals surface area contributed by atoms with Gasteiger partial charge in [0.1, 0.15) is 46.6 Å². The Kier molecular flexibility index (Phi) is 5.12. The summed E-state index contributed by atoms with van der Waals surface area (Å²) in [5, 5.41) is 25.9. The zero-order valence-corrected chi connectivity index (χ0v) is 15.6. The SMILES string of the molecule is CC(C)(O)C(N)=NC(=N)/C=C\C(=N)c1c(-c2ccc(F)cc2F)nc2occn12. The number of benzene rings is 1. The third-order valence-corrected chi connectivity index (χ3v) is 3.98. The lowest BCUT2D eigenvalue weighted by Crippen LogP contribution is -2.38. The number of nitrogens with two attached hydrogens (primary N) is 1. The second-order valence-electron chi connectivity index (χ2n) is 6.68. The lowest BCUT2D eigenvalue weighted by molar-refractivity contribution is 0.152. The first-order chi connectivity index (χ1) is 13.6. The van der Waals surface area contributed by atoms with Crippen LogP contribution in [0.15, 0.2) is 52.2 Å². The van der Waals surface area contributed by atoms with E-state index in [0.717, 1.165) is 12.1 Å². The average Bonchev–Trinajstić information content (AvgIpc) is 3.19. The van der Waals surface area contributed by atoms with Crippen LogP contribution >= 0.6 is 0 Å². The quantitative estimate of drug-likeness (QED) is 0.386. The molecule has 0 saturated carbocycles. The molecule has 0 aliphatic carbocycles. The van der Waals surface area contributed by atoms with Gasteiger partial charge in [0.2, 0.25) is 0 Å². The zero-order valence-electron chi connectivity index (χ0n) is 15.6. The number of nitrogens with zero attached hydrogens (tertiary/aromatic N) is 3. The molecular weight excluding hydrogens is 382 g/mol. The van der Waals surface area contributed by atoms with E-state index in [1.807, 2.05) is 0 Å². The fraction of sp³-hybridized carbons (Fsp3) is 0.158. The largest absolute Gasteiger partial charge is 0.432 e. The van der Waals surface area contributed by atoms with Gasteiger partial charge in [0, 0.05) is 17.8 Å². The highest BCUT2D eigenvalue weighted by atomic mass is 19.1. The summed E-state index contributed by atoms with van der Waals surface area (Å²) in [4.78, 5) is 7.95. The van der Waals surface area contributed by atoms with Crippen molar-refractivity contribution in [2.75, 3.05) is 0 Å². The van der Waals surface area contributed by atoms with Gasteiger partial charge in [-0.1, -0.05) is 0 Å². The number of nitrogens with one attached hydrogen (secondary N) is 2. The number of aliphatic hydroxyl groups is 1. The molecule has 29 heavy (non-hydrogen) atoms. The first kappa shape index (κ1) is 20.1. The molecule has 0 fully saturated rings. The van der Waals surface area contributed by atoms with Crippen molar-refractivity contribution in [3.05, 3.63) is 60.1 Å². The molecule has 2 heterocycles. The van der Waals surface area contributed by atoms with Crippen LogP contribution in [0.4, 0.5) is 8.78 Å². The summed E-state index contributed by atoms with van der Waals surface area (Å²) in [7, 11) is 0. The molecule has 0 saturated heterocycles. The van der Waals surface area contributed by atoms with E-state index in [0.29, 0.717) is 0 Å². The standard InChI is InChI=1S/C19H18F2N6O2/c1-19(2,28)17(24)25-14(23)6-5-13(22)16-15(26-18-27(16)7-8-29-18)11-4-3-10(20)9-12(11)21/h3-9,22,28H,1-2H3,(H3,23,24,25)/b6-5-,22-13?. The molecule has 0 aliphatic heterocycles. The molecule has 2 aromatic heterocycles. The second kappa shape index (κ2) is 7.40. The van der Waals surface area contributed by atoms with Crippen molar-refractivity contribution >= 4 is 23.2 Å². The Morgan fingerprint density at radius 2 is 2.03 bits per heavy atom. The molecule has 0 bridgehead atoms. The van der Waals surface area contributed by atoms with Crippen LogP contribution in [-0.4, -0.2) is 37.5 Å². The number of imidazole rings is 1. The van der Waals surface area contributed by atoms with Gasteiger partial charge in [0.05, 0.1) is 5.71 Å². The van der Waals surface area contributed by atoms with Crippen molar-refractivity contribution in [2.24, 2.45) is 10.7 Å². The number of amidine groups is 2. The summed E-state index contributed by atoms with van der Waals surface area (Å²) in [6, 6.07) is 3.04. The molecule has 3 rings (SSSR count). The number of fused-ring (bicyclic) bond motifs is 1. The third kappa shape index (κ3) is 4.11. The normalized spacial score (nSPS) is 12.8. The van der Waals surface area contributed by atoms with Gasteiger partial charge in [-0.05, 0) is 38.1 Å². The Labute approximate surface area is 164 Å². The molecule has 10 heteroatoms. The van der Waals surface area contributed by atoms with Crippen LogP contribution in [0.5, 0.6) is 0 Å². The van der Waals surface area contributed by atoms with Crippen LogP contribution in [0, 0.1) is 22.5 Å². The van der Waals surface area contributed by atoms with E-state index >= 15 is 0 Å². The molecule has 5 N–H and O–H groups in total. The van der Waals surface area contributed by atoms with E-state index in [-0.39, 0.29) is 40.2 Å². The van der Waals surface area contributed by atoms with E-state index in [1.54, 1.807) is 0 Å². The molecule has 1 aromatic carbocycles. The number of hydrogen-bond donors (Lipinski definition) is 4. The summed E-state index contributed by atoms with van der Waals surface area (Å²) < 4.78 is 34.2. The highest BCUT2D eigenvalue weighted by molar-refractivity contribution is 6.13. The predicted octanol–water partition coefficient (Wildman–Crippen LogP) is 2.90. The molecular formula is C19H18F2N6O2. The van der Waals surface area contributed by atoms with Crippen LogP contribution in [-0.2, 0) is 0 Å². The molecule has 0 radical (unpaired) electrons. The number of allylic oxidation sites excluding steroid dienone is 1. The Bertz CT molecular complexity index is 1170. The van der Waals surface area contributed by atoms with Crippen molar-refractivity contribution in [3.63, 3.8) is 0 Å². The topological polar surface area (TPSA) is 137 Å². The fourth-order valence-corrected chi connectivity index (χ4v) is 2.46. The van der Waals surface area contributed by atoms with Gasteiger partial charge in [-0.3, -0.25) is 15.2 Å². The first-order valence-corrected chi connectivity index (χ1v) is 8.41. The predicted molar refractivity (Wildman–Crippen MR) is 104 cm³/mol. The van der Waals surface area contributed by atoms with Crippen molar-refractivity contribution in [3.8, 4) is 11.3 Å². The van der Waals surface area contributed by atoms with E-state index < -0.39 is 17.2 Å². The Morgan fingerprint density at radius 1 is 1.31 bits per heavy atom. The molecule has 0 atom stereocenters. The minimum atomic E-state index is -1.39. The maximum absolute atomic E-state index is 14.3. The van der Waals surface area contributed by atoms with Gasteiger partial charge >= 0.3 is 5.84 Å². The van der Waals surface area contributed by atoms with E-state index in [9.17, 15) is 13.9 Å². The van der Waals surface area contributed by atoms with Gasteiger partial charge in [-0.15, -0.1) is 0 Å². The first-order valence-electron chi connectivity index (χ1n) is 8.41. The van der Waals surface area contributed by atoms with Crippen LogP contribution in [0.2, 0.25) is 0 Å². The van der Waals surface area contributed by atoms with Gasteiger partial charge in [0.25, 0.3) is 0 Å². The van der Waals surface area contributed by atoms with Crippen LogP contribution < -0.4 is 5.73 Å². The van der Waals surface area contributed by atoms with E-state index in [1.165, 1.54) is 48.9 Å². The number of hydrogen-bond acceptors (Lipinski definition) is 5. The minimum Gasteiger partial charge on any atom is -0.432 e. The molecule has 0 unspecified atom stereocenters. The summed E-state index contributed by atoms with van der Waals surface area (Å²) in [5.74, 6) is -1.90. The van der Waals surface area contributed by atoms with Crippen molar-refractivity contribution in [2.45, 2.75) is 19.4 Å². The monoisotopic (exact) mass is 400 g/mol. The van der Waals surface area contributed by atoms with E-state index in [4.69, 9.17) is 21.0 Å². The van der Waals surface area contributed by atoms with Gasteiger partial charge in [0.15, 0.2) is 0 Å². The number of halogens is 2. The molecule has 0 spiro atoms. The van der Waals surface area contributed by atoms with Crippen molar-refractivity contribution in [1.29, 1.82) is 10.8 Å². The fourth-order valence-electron chi connectivity index (χ4n) is 2.46. The Balaban J connectivity index is 2.00. The molecule has 0 amide bonds. The number of oxazole rings is 1. The van der Waals surface area contributed by atoms with Gasteiger partial charge < -0.3 is 15.3 Å². The lowest BCUT2D eigenvalue weighted by Gasteiger charge is -2.15. The van der Waals surface area contributed by atoms with Gasteiger partial charge in [-0.2, -0.15) is 4.98 Å².